The van der Waals surface area contributed by atoms with Gasteiger partial charge < -0.3 is 10.4 Å². The molecular formula is C14H23NO. The van der Waals surface area contributed by atoms with Crippen LogP contribution in [0.2, 0.25) is 0 Å². The van der Waals surface area contributed by atoms with Crippen LogP contribution in [0.15, 0.2) is 12.2 Å². The van der Waals surface area contributed by atoms with Gasteiger partial charge in [0, 0.05) is 12.6 Å². The molecule has 0 bridgehead atoms. The number of allylic oxidation sites excluding steroid dienone is 1. The molecule has 2 heteroatoms. The van der Waals surface area contributed by atoms with Crippen LogP contribution < -0.4 is 5.32 Å². The SMILES string of the molecule is OCC1CCCC1CNC1CC2CC=CC21. The van der Waals surface area contributed by atoms with Crippen molar-refractivity contribution in [3.8, 4) is 0 Å². The minimum atomic E-state index is 0.392. The summed E-state index contributed by atoms with van der Waals surface area (Å²) >= 11 is 0. The summed E-state index contributed by atoms with van der Waals surface area (Å²) in [5, 5.41) is 13.0. The highest BCUT2D eigenvalue weighted by Crippen LogP contribution is 2.43. The van der Waals surface area contributed by atoms with Crippen molar-refractivity contribution in [2.75, 3.05) is 13.2 Å². The van der Waals surface area contributed by atoms with Crippen molar-refractivity contribution in [3.05, 3.63) is 12.2 Å². The van der Waals surface area contributed by atoms with E-state index in [1.165, 1.54) is 32.1 Å². The van der Waals surface area contributed by atoms with Crippen LogP contribution in [0.5, 0.6) is 0 Å². The summed E-state index contributed by atoms with van der Waals surface area (Å²) < 4.78 is 0. The van der Waals surface area contributed by atoms with Gasteiger partial charge in [0.2, 0.25) is 0 Å². The van der Waals surface area contributed by atoms with Gasteiger partial charge in [-0.2, -0.15) is 0 Å². The lowest BCUT2D eigenvalue weighted by molar-refractivity contribution is 0.142. The fourth-order valence-corrected chi connectivity index (χ4v) is 3.87. The molecule has 3 aliphatic carbocycles. The number of rotatable bonds is 4. The molecule has 0 amide bonds. The Morgan fingerprint density at radius 3 is 2.94 bits per heavy atom. The van der Waals surface area contributed by atoms with Crippen molar-refractivity contribution in [1.82, 2.24) is 5.32 Å². The molecule has 0 saturated heterocycles. The molecule has 0 radical (unpaired) electrons. The van der Waals surface area contributed by atoms with E-state index >= 15 is 0 Å². The Hall–Kier alpha value is -0.340. The highest BCUT2D eigenvalue weighted by atomic mass is 16.3. The zero-order valence-corrected chi connectivity index (χ0v) is 9.94. The molecule has 2 saturated carbocycles. The van der Waals surface area contributed by atoms with Crippen LogP contribution in [0.25, 0.3) is 0 Å². The van der Waals surface area contributed by atoms with Crippen molar-refractivity contribution in [2.45, 2.75) is 38.1 Å². The monoisotopic (exact) mass is 221 g/mol. The van der Waals surface area contributed by atoms with Crippen molar-refractivity contribution >= 4 is 0 Å². The Morgan fingerprint density at radius 2 is 2.12 bits per heavy atom. The van der Waals surface area contributed by atoms with Crippen molar-refractivity contribution in [2.24, 2.45) is 23.7 Å². The fraction of sp³-hybridized carbons (Fsp3) is 0.857. The molecule has 3 aliphatic rings. The minimum absolute atomic E-state index is 0.392. The first kappa shape index (κ1) is 10.8. The second-order valence-electron chi connectivity index (χ2n) is 5.89. The molecule has 5 atom stereocenters. The molecule has 3 rings (SSSR count). The predicted octanol–water partition coefficient (Wildman–Crippen LogP) is 1.95. The van der Waals surface area contributed by atoms with E-state index in [-0.39, 0.29) is 0 Å². The molecule has 16 heavy (non-hydrogen) atoms. The van der Waals surface area contributed by atoms with Gasteiger partial charge in [-0.15, -0.1) is 0 Å². The average Bonchev–Trinajstić information content (AvgIpc) is 2.86. The lowest BCUT2D eigenvalue weighted by Crippen LogP contribution is -2.49. The Labute approximate surface area is 98.1 Å². The lowest BCUT2D eigenvalue weighted by atomic mass is 9.71. The largest absolute Gasteiger partial charge is 0.396 e. The first-order chi connectivity index (χ1) is 7.88. The predicted molar refractivity (Wildman–Crippen MR) is 65.1 cm³/mol. The third-order valence-corrected chi connectivity index (χ3v) is 5.06. The first-order valence-corrected chi connectivity index (χ1v) is 6.89. The Balaban J connectivity index is 1.45. The van der Waals surface area contributed by atoms with E-state index in [2.05, 4.69) is 17.5 Å². The molecule has 0 aliphatic heterocycles. The maximum absolute atomic E-state index is 9.28. The van der Waals surface area contributed by atoms with E-state index in [0.717, 1.165) is 30.3 Å². The summed E-state index contributed by atoms with van der Waals surface area (Å²) in [4.78, 5) is 0. The van der Waals surface area contributed by atoms with Gasteiger partial charge in [0.25, 0.3) is 0 Å². The standard InChI is InChI=1S/C14H23NO/c16-9-12-5-1-4-11(12)8-15-14-7-10-3-2-6-13(10)14/h2,6,10-16H,1,3-5,7-9H2. The van der Waals surface area contributed by atoms with E-state index < -0.39 is 0 Å². The zero-order chi connectivity index (χ0) is 11.0. The van der Waals surface area contributed by atoms with Crippen LogP contribution in [-0.2, 0) is 0 Å². The van der Waals surface area contributed by atoms with Crippen molar-refractivity contribution < 1.29 is 5.11 Å². The maximum Gasteiger partial charge on any atom is 0.0462 e. The van der Waals surface area contributed by atoms with Crippen molar-refractivity contribution in [1.29, 1.82) is 0 Å². The zero-order valence-electron chi connectivity index (χ0n) is 9.94. The molecule has 2 fully saturated rings. The van der Waals surface area contributed by atoms with Crippen LogP contribution in [0, 0.1) is 23.7 Å². The minimum Gasteiger partial charge on any atom is -0.396 e. The Kier molecular flexibility index (Phi) is 3.03. The average molecular weight is 221 g/mol. The molecule has 2 nitrogen and oxygen atoms in total. The van der Waals surface area contributed by atoms with Crippen LogP contribution in [0.4, 0.5) is 0 Å². The molecular weight excluding hydrogens is 198 g/mol. The van der Waals surface area contributed by atoms with E-state index in [0.29, 0.717) is 12.5 Å². The van der Waals surface area contributed by atoms with Gasteiger partial charge in [-0.25, -0.2) is 0 Å². The second-order valence-corrected chi connectivity index (χ2v) is 5.89. The van der Waals surface area contributed by atoms with Gasteiger partial charge in [-0.3, -0.25) is 0 Å². The smallest absolute Gasteiger partial charge is 0.0462 e. The van der Waals surface area contributed by atoms with E-state index in [1.54, 1.807) is 0 Å². The third-order valence-electron chi connectivity index (χ3n) is 5.06. The lowest BCUT2D eigenvalue weighted by Gasteiger charge is -2.41. The number of aliphatic hydroxyl groups is 1. The van der Waals surface area contributed by atoms with Gasteiger partial charge in [0.05, 0.1) is 0 Å². The van der Waals surface area contributed by atoms with E-state index in [1.807, 2.05) is 0 Å². The molecule has 2 N–H and O–H groups in total. The van der Waals surface area contributed by atoms with Gasteiger partial charge in [-0.1, -0.05) is 18.6 Å². The third kappa shape index (κ3) is 1.82. The fourth-order valence-electron chi connectivity index (χ4n) is 3.87. The van der Waals surface area contributed by atoms with Crippen LogP contribution in [0.1, 0.15) is 32.1 Å². The van der Waals surface area contributed by atoms with E-state index in [9.17, 15) is 5.11 Å². The molecule has 90 valence electrons. The molecule has 5 unspecified atom stereocenters. The maximum atomic E-state index is 9.28. The highest BCUT2D eigenvalue weighted by molar-refractivity contribution is 5.12. The number of hydrogen-bond donors (Lipinski definition) is 2. The number of hydrogen-bond acceptors (Lipinski definition) is 2. The first-order valence-electron chi connectivity index (χ1n) is 6.89. The number of nitrogens with one attached hydrogen (secondary N) is 1. The molecule has 0 aromatic heterocycles. The summed E-state index contributed by atoms with van der Waals surface area (Å²) in [5.41, 5.74) is 0. The summed E-state index contributed by atoms with van der Waals surface area (Å²) in [6, 6.07) is 0.740. The van der Waals surface area contributed by atoms with Gasteiger partial charge in [0.15, 0.2) is 0 Å². The number of fused-ring (bicyclic) bond motifs is 1. The van der Waals surface area contributed by atoms with Crippen molar-refractivity contribution in [3.63, 3.8) is 0 Å². The quantitative estimate of drug-likeness (QED) is 0.711. The summed E-state index contributed by atoms with van der Waals surface area (Å²) in [5.74, 6) is 3.08. The molecule has 0 aromatic carbocycles. The summed E-state index contributed by atoms with van der Waals surface area (Å²) in [6.07, 6.45) is 11.3. The second kappa shape index (κ2) is 4.50. The van der Waals surface area contributed by atoms with E-state index in [4.69, 9.17) is 0 Å². The molecule has 0 spiro atoms. The Morgan fingerprint density at radius 1 is 1.25 bits per heavy atom. The topological polar surface area (TPSA) is 32.3 Å². The normalized spacial score (nSPS) is 45.7. The van der Waals surface area contributed by atoms with Crippen LogP contribution in [-0.4, -0.2) is 24.3 Å². The molecule has 0 aromatic rings. The van der Waals surface area contributed by atoms with Crippen LogP contribution in [0.3, 0.4) is 0 Å². The number of aliphatic hydroxyl groups excluding tert-OH is 1. The summed E-state index contributed by atoms with van der Waals surface area (Å²) in [6.45, 7) is 1.52. The van der Waals surface area contributed by atoms with Gasteiger partial charge in [-0.05, 0) is 55.9 Å². The van der Waals surface area contributed by atoms with Gasteiger partial charge >= 0.3 is 0 Å². The Bertz CT molecular complexity index is 276. The highest BCUT2D eigenvalue weighted by Gasteiger charge is 2.41. The molecule has 0 heterocycles. The summed E-state index contributed by atoms with van der Waals surface area (Å²) in [7, 11) is 0. The van der Waals surface area contributed by atoms with Gasteiger partial charge in [0.1, 0.15) is 0 Å². The van der Waals surface area contributed by atoms with Crippen LogP contribution >= 0.6 is 0 Å².